The van der Waals surface area contributed by atoms with Gasteiger partial charge in [0, 0.05) is 31.5 Å². The number of nitrogens with one attached hydrogen (secondary N) is 5. The second-order valence-electron chi connectivity index (χ2n) is 9.76. The maximum atomic E-state index is 12.7. The van der Waals surface area contributed by atoms with Crippen molar-refractivity contribution in [3.63, 3.8) is 0 Å². The number of ether oxygens (including phenoxy) is 1. The molecule has 1 atom stereocenters. The molecule has 1 aliphatic rings. The minimum absolute atomic E-state index is 0.0280. The zero-order valence-electron chi connectivity index (χ0n) is 24.2. The lowest BCUT2D eigenvalue weighted by Gasteiger charge is -2.19. The van der Waals surface area contributed by atoms with Crippen LogP contribution in [0.2, 0.25) is 0 Å². The first-order valence-electron chi connectivity index (χ1n) is 13.9. The summed E-state index contributed by atoms with van der Waals surface area (Å²) in [5, 5.41) is 11.5. The number of benzene rings is 1. The molecule has 0 saturated heterocycles. The fraction of sp³-hybridized carbons (Fsp3) is 0.464. The Morgan fingerprint density at radius 1 is 0.756 bits per heavy atom. The van der Waals surface area contributed by atoms with Crippen LogP contribution in [0.5, 0.6) is 0 Å². The predicted molar refractivity (Wildman–Crippen MR) is 150 cm³/mol. The SMILES string of the molecule is O=C(CCCCCN1C(=O)C=CC1=O)NCC(=O)NCC(=O)N[C@@H](Cc1ccccc1)C(=O)NCC(=O)NCOCC(F)(F)F. The first kappa shape index (κ1) is 36.4. The van der Waals surface area contributed by atoms with E-state index in [1.54, 1.807) is 30.3 Å². The van der Waals surface area contributed by atoms with Gasteiger partial charge in [-0.1, -0.05) is 36.8 Å². The van der Waals surface area contributed by atoms with Gasteiger partial charge in [0.15, 0.2) is 0 Å². The molecule has 14 nitrogen and oxygen atoms in total. The molecule has 0 aliphatic carbocycles. The van der Waals surface area contributed by atoms with Crippen molar-refractivity contribution < 1.29 is 51.5 Å². The predicted octanol–water partition coefficient (Wildman–Crippen LogP) is -0.799. The minimum atomic E-state index is -4.56. The lowest BCUT2D eigenvalue weighted by Crippen LogP contribution is -2.52. The van der Waals surface area contributed by atoms with Crippen LogP contribution in [0.1, 0.15) is 31.2 Å². The number of alkyl halides is 3. The van der Waals surface area contributed by atoms with Gasteiger partial charge in [-0.05, 0) is 18.4 Å². The van der Waals surface area contributed by atoms with E-state index in [2.05, 4.69) is 31.3 Å². The van der Waals surface area contributed by atoms with Gasteiger partial charge in [0.2, 0.25) is 29.5 Å². The van der Waals surface area contributed by atoms with Crippen LogP contribution in [0.3, 0.4) is 0 Å². The number of hydrogen-bond donors (Lipinski definition) is 5. The number of nitrogens with zero attached hydrogens (tertiary/aromatic N) is 1. The number of carbonyl (C=O) groups is 7. The number of carbonyl (C=O) groups excluding carboxylic acids is 7. The highest BCUT2D eigenvalue weighted by molar-refractivity contribution is 6.12. The van der Waals surface area contributed by atoms with E-state index in [9.17, 15) is 46.7 Å². The zero-order chi connectivity index (χ0) is 33.2. The number of halogens is 3. The van der Waals surface area contributed by atoms with Gasteiger partial charge in [0.05, 0.1) is 19.6 Å². The van der Waals surface area contributed by atoms with Crippen molar-refractivity contribution in [1.82, 2.24) is 31.5 Å². The molecule has 1 aromatic carbocycles. The zero-order valence-corrected chi connectivity index (χ0v) is 24.2. The molecule has 7 amide bonds. The summed E-state index contributed by atoms with van der Waals surface area (Å²) in [4.78, 5) is 85.3. The van der Waals surface area contributed by atoms with Crippen LogP contribution in [-0.2, 0) is 44.7 Å². The lowest BCUT2D eigenvalue weighted by molar-refractivity contribution is -0.176. The van der Waals surface area contributed by atoms with Gasteiger partial charge >= 0.3 is 6.18 Å². The molecule has 17 heteroatoms. The smallest absolute Gasteiger partial charge is 0.352 e. The topological polar surface area (TPSA) is 192 Å². The van der Waals surface area contributed by atoms with Gasteiger partial charge in [0.1, 0.15) is 19.4 Å². The molecular weight excluding hydrogens is 605 g/mol. The summed E-state index contributed by atoms with van der Waals surface area (Å²) in [6.07, 6.45) is -0.446. The van der Waals surface area contributed by atoms with Crippen molar-refractivity contribution in [3.8, 4) is 0 Å². The van der Waals surface area contributed by atoms with Crippen LogP contribution in [0, 0.1) is 0 Å². The molecule has 0 fully saturated rings. The van der Waals surface area contributed by atoms with E-state index >= 15 is 0 Å². The molecule has 5 N–H and O–H groups in total. The third kappa shape index (κ3) is 15.5. The largest absolute Gasteiger partial charge is 0.411 e. The monoisotopic (exact) mass is 640 g/mol. The standard InChI is InChI=1S/C28H35F3N6O8/c29-28(30,31)17-45-18-35-23(40)15-34-27(44)20(13-19-7-3-1-4-8-19)36-24(41)16-33-22(39)14-32-21(38)9-5-2-6-12-37-25(42)10-11-26(37)43/h1,3-4,7-8,10-11,20H,2,5-6,9,12-18H2,(H,32,38)(H,33,39)(H,34,44)(H,35,40)(H,36,41)/t20-/m0/s1. The van der Waals surface area contributed by atoms with Crippen molar-refractivity contribution in [2.24, 2.45) is 0 Å². The highest BCUT2D eigenvalue weighted by Crippen LogP contribution is 2.13. The molecule has 0 aromatic heterocycles. The quantitative estimate of drug-likeness (QED) is 0.0737. The van der Waals surface area contributed by atoms with Crippen molar-refractivity contribution >= 4 is 41.4 Å². The summed E-state index contributed by atoms with van der Waals surface area (Å²) in [5.41, 5.74) is 0.671. The van der Waals surface area contributed by atoms with Crippen LogP contribution < -0.4 is 26.6 Å². The van der Waals surface area contributed by atoms with E-state index in [1.165, 1.54) is 12.2 Å². The van der Waals surface area contributed by atoms with E-state index < -0.39 is 74.7 Å². The highest BCUT2D eigenvalue weighted by Gasteiger charge is 2.27. The van der Waals surface area contributed by atoms with Crippen molar-refractivity contribution in [2.45, 2.75) is 44.3 Å². The number of rotatable bonds is 19. The Labute approximate surface area is 256 Å². The third-order valence-corrected chi connectivity index (χ3v) is 6.07. The van der Waals surface area contributed by atoms with E-state index in [4.69, 9.17) is 0 Å². The molecule has 1 aromatic rings. The Morgan fingerprint density at radius 3 is 2.02 bits per heavy atom. The van der Waals surface area contributed by atoms with Crippen LogP contribution in [0.25, 0.3) is 0 Å². The second kappa shape index (κ2) is 18.8. The van der Waals surface area contributed by atoms with Crippen LogP contribution in [-0.4, -0.2) is 98.0 Å². The number of hydrogen-bond acceptors (Lipinski definition) is 8. The number of amides is 7. The third-order valence-electron chi connectivity index (χ3n) is 6.07. The summed E-state index contributed by atoms with van der Waals surface area (Å²) < 4.78 is 40.6. The van der Waals surface area contributed by atoms with Crippen molar-refractivity contribution in [1.29, 1.82) is 0 Å². The highest BCUT2D eigenvalue weighted by atomic mass is 19.4. The Morgan fingerprint density at radius 2 is 1.36 bits per heavy atom. The van der Waals surface area contributed by atoms with E-state index in [1.807, 2.05) is 0 Å². The van der Waals surface area contributed by atoms with E-state index in [0.717, 1.165) is 4.90 Å². The summed E-state index contributed by atoms with van der Waals surface area (Å²) >= 11 is 0. The molecule has 2 rings (SSSR count). The van der Waals surface area contributed by atoms with Gasteiger partial charge in [-0.2, -0.15) is 13.2 Å². The van der Waals surface area contributed by atoms with Crippen LogP contribution >= 0.6 is 0 Å². The first-order chi connectivity index (χ1) is 21.3. The van der Waals surface area contributed by atoms with Crippen LogP contribution in [0.4, 0.5) is 13.2 Å². The van der Waals surface area contributed by atoms with Gasteiger partial charge in [-0.3, -0.25) is 38.5 Å². The van der Waals surface area contributed by atoms with Gasteiger partial charge in [-0.15, -0.1) is 0 Å². The Balaban J connectivity index is 1.70. The fourth-order valence-electron chi connectivity index (χ4n) is 3.85. The molecule has 45 heavy (non-hydrogen) atoms. The maximum Gasteiger partial charge on any atom is 0.411 e. The number of unbranched alkanes of at least 4 members (excludes halogenated alkanes) is 2. The van der Waals surface area contributed by atoms with E-state index in [-0.39, 0.29) is 31.2 Å². The van der Waals surface area contributed by atoms with E-state index in [0.29, 0.717) is 24.8 Å². The van der Waals surface area contributed by atoms with Crippen molar-refractivity contribution in [2.75, 3.05) is 39.5 Å². The average Bonchev–Trinajstić information content (AvgIpc) is 3.31. The second-order valence-corrected chi connectivity index (χ2v) is 9.76. The molecule has 0 bridgehead atoms. The molecule has 246 valence electrons. The first-order valence-corrected chi connectivity index (χ1v) is 13.9. The molecular formula is C28H35F3N6O8. The van der Waals surface area contributed by atoms with Gasteiger partial charge < -0.3 is 31.3 Å². The Hall–Kier alpha value is -4.80. The van der Waals surface area contributed by atoms with Gasteiger partial charge in [-0.25, -0.2) is 0 Å². The van der Waals surface area contributed by atoms with Crippen LogP contribution in [0.15, 0.2) is 42.5 Å². The fourth-order valence-corrected chi connectivity index (χ4v) is 3.85. The van der Waals surface area contributed by atoms with Gasteiger partial charge in [0.25, 0.3) is 11.8 Å². The summed E-state index contributed by atoms with van der Waals surface area (Å²) in [6.45, 7) is -3.54. The lowest BCUT2D eigenvalue weighted by atomic mass is 10.1. The maximum absolute atomic E-state index is 12.7. The molecule has 0 spiro atoms. The Bertz CT molecular complexity index is 1220. The minimum Gasteiger partial charge on any atom is -0.352 e. The molecule has 0 unspecified atom stereocenters. The summed E-state index contributed by atoms with van der Waals surface area (Å²) in [7, 11) is 0. The molecule has 0 radical (unpaired) electrons. The average molecular weight is 641 g/mol. The molecule has 1 heterocycles. The summed E-state index contributed by atoms with van der Waals surface area (Å²) in [5.74, 6) is -4.12. The Kier molecular flexibility index (Phi) is 15.2. The molecule has 0 saturated carbocycles. The molecule has 1 aliphatic heterocycles. The summed E-state index contributed by atoms with van der Waals surface area (Å²) in [6, 6.07) is 7.42. The number of imide groups is 1. The normalized spacial score (nSPS) is 13.3. The van der Waals surface area contributed by atoms with Crippen molar-refractivity contribution in [3.05, 3.63) is 48.0 Å².